The number of halogens is 1. The van der Waals surface area contributed by atoms with Gasteiger partial charge in [0.15, 0.2) is 0 Å². The molecule has 1 saturated heterocycles. The maximum absolute atomic E-state index is 12.1. The molecule has 0 aliphatic carbocycles. The van der Waals surface area contributed by atoms with Gasteiger partial charge in [-0.15, -0.1) is 0 Å². The van der Waals surface area contributed by atoms with Gasteiger partial charge in [-0.3, -0.25) is 4.79 Å². The molecule has 2 aromatic rings. The third-order valence-corrected chi connectivity index (χ3v) is 3.78. The Bertz CT molecular complexity index is 672. The van der Waals surface area contributed by atoms with Crippen molar-refractivity contribution in [3.8, 4) is 0 Å². The average Bonchev–Trinajstić information content (AvgIpc) is 2.61. The van der Waals surface area contributed by atoms with Crippen LogP contribution in [0.3, 0.4) is 0 Å². The number of hydrogen-bond donors (Lipinski definition) is 1. The van der Waals surface area contributed by atoms with Crippen molar-refractivity contribution in [3.05, 3.63) is 52.9 Å². The van der Waals surface area contributed by atoms with Crippen molar-refractivity contribution in [2.75, 3.05) is 31.2 Å². The summed E-state index contributed by atoms with van der Waals surface area (Å²) in [7, 11) is 0. The maximum atomic E-state index is 12.1. The molecule has 0 saturated carbocycles. The fourth-order valence-electron chi connectivity index (χ4n) is 2.32. The molecule has 1 amide bonds. The van der Waals surface area contributed by atoms with E-state index in [-0.39, 0.29) is 5.91 Å². The van der Waals surface area contributed by atoms with Gasteiger partial charge in [-0.05, 0) is 29.8 Å². The van der Waals surface area contributed by atoms with Crippen molar-refractivity contribution in [1.82, 2.24) is 15.3 Å². The number of hydrogen-bond acceptors (Lipinski definition) is 5. The number of morpholine rings is 1. The maximum Gasteiger partial charge on any atom is 0.270 e. The lowest BCUT2D eigenvalue weighted by molar-refractivity contribution is 0.0946. The summed E-state index contributed by atoms with van der Waals surface area (Å²) >= 11 is 5.77. The Morgan fingerprint density at radius 1 is 1.26 bits per heavy atom. The summed E-state index contributed by atoms with van der Waals surface area (Å²) in [5, 5.41) is 3.35. The zero-order valence-corrected chi connectivity index (χ0v) is 13.3. The lowest BCUT2D eigenvalue weighted by Gasteiger charge is -2.28. The Hall–Kier alpha value is -2.18. The number of pyridine rings is 2. The van der Waals surface area contributed by atoms with Crippen molar-refractivity contribution in [3.63, 3.8) is 0 Å². The van der Waals surface area contributed by atoms with E-state index < -0.39 is 0 Å². The van der Waals surface area contributed by atoms with E-state index in [2.05, 4.69) is 20.2 Å². The van der Waals surface area contributed by atoms with Crippen LogP contribution in [0.5, 0.6) is 0 Å². The van der Waals surface area contributed by atoms with Crippen LogP contribution >= 0.6 is 11.6 Å². The molecule has 1 N–H and O–H groups in total. The molecule has 2 aromatic heterocycles. The second kappa shape index (κ2) is 7.39. The molecule has 0 atom stereocenters. The Morgan fingerprint density at radius 2 is 2.09 bits per heavy atom. The first-order valence-electron chi connectivity index (χ1n) is 7.40. The van der Waals surface area contributed by atoms with Gasteiger partial charge in [0.2, 0.25) is 0 Å². The van der Waals surface area contributed by atoms with Gasteiger partial charge in [-0.1, -0.05) is 11.6 Å². The molecule has 0 unspecified atom stereocenters. The van der Waals surface area contributed by atoms with Gasteiger partial charge in [-0.2, -0.15) is 0 Å². The van der Waals surface area contributed by atoms with Crippen molar-refractivity contribution in [2.24, 2.45) is 0 Å². The third-order valence-electron chi connectivity index (χ3n) is 3.56. The van der Waals surface area contributed by atoms with E-state index in [0.29, 0.717) is 30.5 Å². The molecule has 120 valence electrons. The summed E-state index contributed by atoms with van der Waals surface area (Å²) in [6.45, 7) is 3.51. The molecule has 0 bridgehead atoms. The minimum Gasteiger partial charge on any atom is -0.378 e. The number of nitrogens with one attached hydrogen (secondary N) is 1. The largest absolute Gasteiger partial charge is 0.378 e. The van der Waals surface area contributed by atoms with Crippen molar-refractivity contribution in [1.29, 1.82) is 0 Å². The van der Waals surface area contributed by atoms with E-state index in [0.717, 1.165) is 24.5 Å². The number of carbonyl (C=O) groups excluding carboxylic acids is 1. The molecule has 7 heteroatoms. The monoisotopic (exact) mass is 332 g/mol. The topological polar surface area (TPSA) is 67.4 Å². The smallest absolute Gasteiger partial charge is 0.270 e. The summed E-state index contributed by atoms with van der Waals surface area (Å²) in [5.74, 6) is 0.677. The molecule has 1 aliphatic rings. The Labute approximate surface area is 139 Å². The highest BCUT2D eigenvalue weighted by Gasteiger charge is 2.13. The second-order valence-electron chi connectivity index (χ2n) is 5.17. The Balaban J connectivity index is 1.61. The first-order valence-corrected chi connectivity index (χ1v) is 7.77. The van der Waals surface area contributed by atoms with Crippen LogP contribution in [-0.4, -0.2) is 42.2 Å². The zero-order valence-electron chi connectivity index (χ0n) is 12.5. The number of nitrogens with zero attached hydrogens (tertiary/aromatic N) is 3. The summed E-state index contributed by atoms with van der Waals surface area (Å²) in [4.78, 5) is 22.6. The zero-order chi connectivity index (χ0) is 16.1. The molecular formula is C16H17ClN4O2. The fourth-order valence-corrected chi connectivity index (χ4v) is 2.43. The number of anilines is 1. The molecule has 23 heavy (non-hydrogen) atoms. The van der Waals surface area contributed by atoms with Crippen molar-refractivity contribution < 1.29 is 9.53 Å². The van der Waals surface area contributed by atoms with E-state index in [4.69, 9.17) is 16.3 Å². The molecule has 3 rings (SSSR count). The number of ether oxygens (including phenoxy) is 1. The van der Waals surface area contributed by atoms with Crippen LogP contribution in [0, 0.1) is 0 Å². The summed E-state index contributed by atoms with van der Waals surface area (Å²) in [6, 6.07) is 7.12. The molecule has 0 spiro atoms. The first-order chi connectivity index (χ1) is 11.2. The fraction of sp³-hybridized carbons (Fsp3) is 0.312. The summed E-state index contributed by atoms with van der Waals surface area (Å²) < 4.78 is 5.34. The van der Waals surface area contributed by atoms with Crippen LogP contribution in [0.4, 0.5) is 5.82 Å². The lowest BCUT2D eigenvalue weighted by atomic mass is 10.2. The van der Waals surface area contributed by atoms with Gasteiger partial charge in [0, 0.05) is 32.0 Å². The van der Waals surface area contributed by atoms with E-state index >= 15 is 0 Å². The minimum atomic E-state index is -0.230. The molecule has 0 radical (unpaired) electrons. The van der Waals surface area contributed by atoms with Crippen molar-refractivity contribution >= 4 is 23.3 Å². The quantitative estimate of drug-likeness (QED) is 0.926. The van der Waals surface area contributed by atoms with Crippen LogP contribution in [0.25, 0.3) is 0 Å². The van der Waals surface area contributed by atoms with Crippen LogP contribution in [0.1, 0.15) is 16.1 Å². The van der Waals surface area contributed by atoms with Crippen molar-refractivity contribution in [2.45, 2.75) is 6.54 Å². The molecular weight excluding hydrogens is 316 g/mol. The minimum absolute atomic E-state index is 0.230. The molecule has 1 fully saturated rings. The van der Waals surface area contributed by atoms with Crippen LogP contribution < -0.4 is 10.2 Å². The number of aromatic nitrogens is 2. The van der Waals surface area contributed by atoms with Crippen LogP contribution in [0.15, 0.2) is 36.7 Å². The second-order valence-corrected chi connectivity index (χ2v) is 5.60. The van der Waals surface area contributed by atoms with Gasteiger partial charge in [-0.25, -0.2) is 9.97 Å². The number of carbonyl (C=O) groups is 1. The van der Waals surface area contributed by atoms with Crippen LogP contribution in [-0.2, 0) is 11.3 Å². The molecule has 6 nitrogen and oxygen atoms in total. The Morgan fingerprint density at radius 3 is 2.83 bits per heavy atom. The SMILES string of the molecule is O=C(NCc1ccnc(N2CCOCC2)c1)c1ccc(Cl)cn1. The molecule has 3 heterocycles. The summed E-state index contributed by atoms with van der Waals surface area (Å²) in [5.41, 5.74) is 1.33. The van der Waals surface area contributed by atoms with Gasteiger partial charge in [0.1, 0.15) is 11.5 Å². The molecule has 0 aromatic carbocycles. The number of rotatable bonds is 4. The first kappa shape index (κ1) is 15.7. The van der Waals surface area contributed by atoms with E-state index in [1.807, 2.05) is 12.1 Å². The van der Waals surface area contributed by atoms with Gasteiger partial charge in [0.05, 0.1) is 18.2 Å². The normalized spacial score (nSPS) is 14.6. The highest BCUT2D eigenvalue weighted by Crippen LogP contribution is 2.14. The predicted octanol–water partition coefficient (Wildman–Crippen LogP) is 1.90. The highest BCUT2D eigenvalue weighted by atomic mass is 35.5. The van der Waals surface area contributed by atoms with Gasteiger partial charge < -0.3 is 15.0 Å². The Kier molecular flexibility index (Phi) is 5.05. The predicted molar refractivity (Wildman–Crippen MR) is 87.7 cm³/mol. The summed E-state index contributed by atoms with van der Waals surface area (Å²) in [6.07, 6.45) is 3.21. The van der Waals surface area contributed by atoms with Crippen LogP contribution in [0.2, 0.25) is 5.02 Å². The van der Waals surface area contributed by atoms with E-state index in [1.165, 1.54) is 6.20 Å². The standard InChI is InChI=1S/C16H17ClN4O2/c17-13-1-2-14(19-11-13)16(22)20-10-12-3-4-18-15(9-12)21-5-7-23-8-6-21/h1-4,9,11H,5-8,10H2,(H,20,22). The van der Waals surface area contributed by atoms with E-state index in [9.17, 15) is 4.79 Å². The number of amides is 1. The van der Waals surface area contributed by atoms with E-state index in [1.54, 1.807) is 18.3 Å². The third kappa shape index (κ3) is 4.18. The lowest BCUT2D eigenvalue weighted by Crippen LogP contribution is -2.36. The van der Waals surface area contributed by atoms with Gasteiger partial charge >= 0.3 is 0 Å². The average molecular weight is 333 g/mol. The highest BCUT2D eigenvalue weighted by molar-refractivity contribution is 6.30. The van der Waals surface area contributed by atoms with Gasteiger partial charge in [0.25, 0.3) is 5.91 Å². The molecule has 1 aliphatic heterocycles.